The first-order valence-corrected chi connectivity index (χ1v) is 12.3. The molecular weight excluding hydrogens is 519 g/mol. The maximum absolute atomic E-state index is 12.0. The molecule has 0 radical (unpaired) electrons. The second-order valence-corrected chi connectivity index (χ2v) is 11.1. The van der Waals surface area contributed by atoms with Gasteiger partial charge < -0.3 is 0 Å². The summed E-state index contributed by atoms with van der Waals surface area (Å²) in [6.45, 7) is 0. The van der Waals surface area contributed by atoms with Gasteiger partial charge in [-0.25, -0.2) is 0 Å². The minimum atomic E-state index is -6.78. The molecule has 0 saturated carbocycles. The Hall–Kier alpha value is -1.64. The first-order valence-electron chi connectivity index (χ1n) is 7.67. The standard InChI is InChI=1S/2C6H10O8.Sn/c2*7-1(3(9)5(11)12)2(8)4(10)6(13)14;/h2*1-4,7-10H,(H,11,12)(H,13,14);/q;;+4/p-4/t1-,2+,3-,4+;1-,2+,3-,4-;/m.0./s1. The Morgan fingerprint density at radius 1 is 0.448 bits per heavy atom. The predicted octanol–water partition coefficient (Wildman–Crippen LogP) is -7.49. The number of hydrogen-bond donors (Lipinski definition) is 8. The molecule has 2 aliphatic heterocycles. The molecule has 0 aromatic heterocycles. The summed E-state index contributed by atoms with van der Waals surface area (Å²) in [6, 6.07) is 0. The SMILES string of the molecule is O=C1[O][Sn]2([O]C(=O)[C@@H](O)[C@@H](O)[C@@H](O)[C@@H]1O)[O]C(=O)[C@@H](O)[C@@H](O)[C@@H](O)[C@@H](O)C(=O)[O]2. The molecule has 16 nitrogen and oxygen atoms in total. The van der Waals surface area contributed by atoms with Crippen LogP contribution in [0, 0.1) is 0 Å². The van der Waals surface area contributed by atoms with Crippen molar-refractivity contribution < 1.29 is 72.3 Å². The molecule has 1 spiro atoms. The van der Waals surface area contributed by atoms with Crippen LogP contribution in [0.2, 0.25) is 0 Å². The number of aliphatic hydroxyl groups is 8. The second kappa shape index (κ2) is 8.61. The van der Waals surface area contributed by atoms with Gasteiger partial charge in [0.15, 0.2) is 0 Å². The van der Waals surface area contributed by atoms with E-state index in [4.69, 9.17) is 0 Å². The van der Waals surface area contributed by atoms with Crippen molar-refractivity contribution in [1.29, 1.82) is 0 Å². The molecule has 2 fully saturated rings. The minimum absolute atomic E-state index is 1.95. The van der Waals surface area contributed by atoms with Gasteiger partial charge >= 0.3 is 165 Å². The first kappa shape index (κ1) is 23.6. The summed E-state index contributed by atoms with van der Waals surface area (Å²) in [7, 11) is 0. The van der Waals surface area contributed by atoms with Crippen LogP contribution in [0.5, 0.6) is 0 Å². The van der Waals surface area contributed by atoms with Crippen LogP contribution in [-0.4, -0.2) is 134 Å². The van der Waals surface area contributed by atoms with Gasteiger partial charge in [-0.15, -0.1) is 0 Å². The van der Waals surface area contributed by atoms with Gasteiger partial charge in [0, 0.05) is 0 Å². The van der Waals surface area contributed by atoms with Crippen LogP contribution in [0.4, 0.5) is 0 Å². The van der Waals surface area contributed by atoms with Crippen molar-refractivity contribution in [3.05, 3.63) is 0 Å². The molecule has 164 valence electrons. The zero-order chi connectivity index (χ0) is 22.3. The molecule has 0 aliphatic carbocycles. The second-order valence-electron chi connectivity index (χ2n) is 5.93. The molecule has 2 heterocycles. The van der Waals surface area contributed by atoms with Gasteiger partial charge in [0.1, 0.15) is 0 Å². The van der Waals surface area contributed by atoms with E-state index in [1.807, 2.05) is 0 Å². The van der Waals surface area contributed by atoms with Crippen LogP contribution < -0.4 is 0 Å². The predicted molar refractivity (Wildman–Crippen MR) is 78.2 cm³/mol. The van der Waals surface area contributed by atoms with Gasteiger partial charge in [0.2, 0.25) is 0 Å². The van der Waals surface area contributed by atoms with E-state index in [9.17, 15) is 60.0 Å². The fraction of sp³-hybridized carbons (Fsp3) is 0.667. The molecule has 0 amide bonds. The molecule has 2 aliphatic rings. The van der Waals surface area contributed by atoms with E-state index < -0.39 is 92.7 Å². The summed E-state index contributed by atoms with van der Waals surface area (Å²) in [4.78, 5) is 47.9. The Morgan fingerprint density at radius 3 is 0.793 bits per heavy atom. The first-order chi connectivity index (χ1) is 13.3. The van der Waals surface area contributed by atoms with Gasteiger partial charge in [-0.1, -0.05) is 0 Å². The van der Waals surface area contributed by atoms with Crippen molar-refractivity contribution in [2.75, 3.05) is 0 Å². The van der Waals surface area contributed by atoms with Gasteiger partial charge in [0.25, 0.3) is 0 Å². The van der Waals surface area contributed by atoms with E-state index in [-0.39, 0.29) is 0 Å². The molecule has 0 bridgehead atoms. The molecule has 2 rings (SSSR count). The third-order valence-corrected chi connectivity index (χ3v) is 9.01. The molecule has 0 aromatic carbocycles. The average Bonchev–Trinajstić information content (AvgIpc) is 2.70. The number of carbonyl (C=O) groups excluding carboxylic acids is 4. The van der Waals surface area contributed by atoms with Gasteiger partial charge in [-0.05, 0) is 0 Å². The molecule has 2 saturated heterocycles. The van der Waals surface area contributed by atoms with Crippen molar-refractivity contribution in [2.45, 2.75) is 48.8 Å². The third-order valence-electron chi connectivity index (χ3n) is 3.86. The monoisotopic (exact) mass is 536 g/mol. The van der Waals surface area contributed by atoms with Crippen molar-refractivity contribution in [3.8, 4) is 0 Å². The Kier molecular flexibility index (Phi) is 7.02. The number of rotatable bonds is 0. The van der Waals surface area contributed by atoms with Gasteiger partial charge in [-0.2, -0.15) is 0 Å². The van der Waals surface area contributed by atoms with Crippen molar-refractivity contribution in [3.63, 3.8) is 0 Å². The van der Waals surface area contributed by atoms with Gasteiger partial charge in [0.05, 0.1) is 0 Å². The zero-order valence-electron chi connectivity index (χ0n) is 14.0. The quantitative estimate of drug-likeness (QED) is 0.134. The van der Waals surface area contributed by atoms with E-state index in [0.717, 1.165) is 0 Å². The molecular formula is C12H16O16Sn. The van der Waals surface area contributed by atoms with Crippen molar-refractivity contribution in [1.82, 2.24) is 0 Å². The summed E-state index contributed by atoms with van der Waals surface area (Å²) >= 11 is -6.78. The number of carbonyl (C=O) groups is 4. The van der Waals surface area contributed by atoms with Crippen molar-refractivity contribution >= 4 is 43.9 Å². The summed E-state index contributed by atoms with van der Waals surface area (Å²) in [5, 5.41) is 77.2. The molecule has 17 heteroatoms. The van der Waals surface area contributed by atoms with Crippen molar-refractivity contribution in [2.24, 2.45) is 0 Å². The maximum atomic E-state index is 12.0. The average molecular weight is 535 g/mol. The summed E-state index contributed by atoms with van der Waals surface area (Å²) < 4.78 is 17.9. The third kappa shape index (κ3) is 4.59. The Bertz CT molecular complexity index is 578. The molecule has 1 unspecified atom stereocenters. The van der Waals surface area contributed by atoms with Crippen LogP contribution in [0.3, 0.4) is 0 Å². The van der Waals surface area contributed by atoms with Crippen LogP contribution in [-0.2, 0) is 31.5 Å². The van der Waals surface area contributed by atoms with Crippen LogP contribution >= 0.6 is 0 Å². The zero-order valence-corrected chi connectivity index (χ0v) is 16.8. The fourth-order valence-corrected chi connectivity index (χ4v) is 7.07. The van der Waals surface area contributed by atoms with Gasteiger partial charge in [-0.3, -0.25) is 0 Å². The van der Waals surface area contributed by atoms with E-state index >= 15 is 0 Å². The van der Waals surface area contributed by atoms with E-state index in [2.05, 4.69) is 12.3 Å². The van der Waals surface area contributed by atoms with E-state index in [0.29, 0.717) is 0 Å². The Labute approximate surface area is 165 Å². The number of aliphatic hydroxyl groups excluding tert-OH is 8. The molecule has 9 atom stereocenters. The molecule has 29 heavy (non-hydrogen) atoms. The summed E-state index contributed by atoms with van der Waals surface area (Å²) in [6.07, 6.45) is -20.7. The molecule has 0 aromatic rings. The van der Waals surface area contributed by atoms with Crippen LogP contribution in [0.25, 0.3) is 0 Å². The normalized spacial score (nSPS) is 44.7. The van der Waals surface area contributed by atoms with Crippen LogP contribution in [0.1, 0.15) is 0 Å². The molecule has 8 N–H and O–H groups in total. The topological polar surface area (TPSA) is 267 Å². The summed E-state index contributed by atoms with van der Waals surface area (Å²) in [5.41, 5.74) is 0. The number of hydrogen-bond acceptors (Lipinski definition) is 16. The van der Waals surface area contributed by atoms with E-state index in [1.54, 1.807) is 0 Å². The fourth-order valence-electron chi connectivity index (χ4n) is 2.16. The Morgan fingerprint density at radius 2 is 0.621 bits per heavy atom. The Balaban J connectivity index is 2.55. The summed E-state index contributed by atoms with van der Waals surface area (Å²) in [5.74, 6) is -7.78. The van der Waals surface area contributed by atoms with Crippen LogP contribution in [0.15, 0.2) is 0 Å². The van der Waals surface area contributed by atoms with E-state index in [1.165, 1.54) is 0 Å².